The number of thiazole rings is 1. The lowest BCUT2D eigenvalue weighted by atomic mass is 9.95. The first-order valence-corrected chi connectivity index (χ1v) is 13.4. The molecule has 0 fully saturated rings. The van der Waals surface area contributed by atoms with Gasteiger partial charge in [-0.3, -0.25) is 9.36 Å². The molecule has 39 heavy (non-hydrogen) atoms. The molecule has 0 N–H and O–H groups in total. The van der Waals surface area contributed by atoms with Crippen LogP contribution < -0.4 is 24.4 Å². The summed E-state index contributed by atoms with van der Waals surface area (Å²) < 4.78 is 19.0. The van der Waals surface area contributed by atoms with Crippen molar-refractivity contribution in [2.24, 2.45) is 4.99 Å². The molecule has 198 valence electrons. The minimum absolute atomic E-state index is 0.249. The van der Waals surface area contributed by atoms with E-state index in [1.165, 1.54) is 18.4 Å². The number of esters is 1. The first-order chi connectivity index (χ1) is 19.0. The first-order valence-electron chi connectivity index (χ1n) is 12.6. The van der Waals surface area contributed by atoms with Crippen LogP contribution in [0.15, 0.2) is 99.9 Å². The number of fused-ring (bicyclic) bond motifs is 1. The highest BCUT2D eigenvalue weighted by atomic mass is 32.1. The predicted molar refractivity (Wildman–Crippen MR) is 151 cm³/mol. The number of para-hydroxylation sites is 1. The predicted octanol–water partition coefficient (Wildman–Crippen LogP) is 4.39. The maximum atomic E-state index is 13.9. The van der Waals surface area contributed by atoms with Crippen LogP contribution in [0, 0.1) is 0 Å². The van der Waals surface area contributed by atoms with E-state index in [0.717, 1.165) is 11.1 Å². The maximum absolute atomic E-state index is 13.9. The Morgan fingerprint density at radius 2 is 1.72 bits per heavy atom. The third-order valence-electron chi connectivity index (χ3n) is 6.51. The number of methoxy groups -OCH3 is 2. The van der Waals surface area contributed by atoms with Crippen LogP contribution in [0.3, 0.4) is 0 Å². The topological polar surface area (TPSA) is 79.1 Å². The van der Waals surface area contributed by atoms with Gasteiger partial charge in [-0.2, -0.15) is 0 Å². The summed E-state index contributed by atoms with van der Waals surface area (Å²) in [4.78, 5) is 32.1. The lowest BCUT2D eigenvalue weighted by Crippen LogP contribution is -2.40. The third kappa shape index (κ3) is 5.15. The average molecular weight is 541 g/mol. The largest absolute Gasteiger partial charge is 0.493 e. The van der Waals surface area contributed by atoms with Crippen molar-refractivity contribution in [2.45, 2.75) is 26.0 Å². The van der Waals surface area contributed by atoms with Crippen LogP contribution in [0.4, 0.5) is 0 Å². The number of hydrogen-bond acceptors (Lipinski definition) is 7. The molecule has 8 heteroatoms. The molecule has 1 atom stereocenters. The van der Waals surface area contributed by atoms with Crippen molar-refractivity contribution >= 4 is 23.4 Å². The zero-order valence-corrected chi connectivity index (χ0v) is 22.7. The second-order valence-electron chi connectivity index (χ2n) is 8.85. The Labute approximate surface area is 229 Å². The van der Waals surface area contributed by atoms with E-state index in [2.05, 4.69) is 0 Å². The van der Waals surface area contributed by atoms with E-state index in [1.54, 1.807) is 17.8 Å². The SMILES string of the molecule is CCC1=C(C(=O)OC)[C@H](c2ccccc2)n2c(s/c(=C/c3cccc(OC)c3OCc3ccccc3)c2=O)=N1. The van der Waals surface area contributed by atoms with Gasteiger partial charge in [0.15, 0.2) is 16.3 Å². The smallest absolute Gasteiger partial charge is 0.338 e. The summed E-state index contributed by atoms with van der Waals surface area (Å²) in [6.07, 6.45) is 2.31. The number of allylic oxidation sites excluding steroid dienone is 1. The Bertz CT molecular complexity index is 1710. The Hall–Kier alpha value is -4.43. The Balaban J connectivity index is 1.67. The standard InChI is InChI=1S/C31H28N2O5S/c1-4-23-26(30(35)37-3)27(21-14-9-6-10-15-21)33-29(34)25(39-31(33)32-23)18-22-16-11-17-24(36-2)28(22)38-19-20-12-7-5-8-13-20/h5-18,27H,4,19H2,1-3H3/b25-18+/t27-/m0/s1. The summed E-state index contributed by atoms with van der Waals surface area (Å²) in [7, 11) is 2.93. The number of carbonyl (C=O) groups is 1. The van der Waals surface area contributed by atoms with Gasteiger partial charge in [0.1, 0.15) is 6.61 Å². The summed E-state index contributed by atoms with van der Waals surface area (Å²) >= 11 is 1.28. The summed E-state index contributed by atoms with van der Waals surface area (Å²) in [6, 6.07) is 24.2. The molecular weight excluding hydrogens is 512 g/mol. The molecule has 5 rings (SSSR count). The number of nitrogens with zero attached hydrogens (tertiary/aromatic N) is 2. The Morgan fingerprint density at radius 3 is 2.38 bits per heavy atom. The van der Waals surface area contributed by atoms with Crippen molar-refractivity contribution in [3.63, 3.8) is 0 Å². The van der Waals surface area contributed by atoms with E-state index in [9.17, 15) is 9.59 Å². The Kier molecular flexibility index (Phi) is 7.74. The summed E-state index contributed by atoms with van der Waals surface area (Å²) in [5, 5.41) is 0. The number of ether oxygens (including phenoxy) is 3. The van der Waals surface area contributed by atoms with Gasteiger partial charge in [0.05, 0.1) is 36.1 Å². The van der Waals surface area contributed by atoms with E-state index < -0.39 is 12.0 Å². The van der Waals surface area contributed by atoms with Crippen molar-refractivity contribution in [3.05, 3.63) is 127 Å². The number of carbonyl (C=O) groups excluding carboxylic acids is 1. The van der Waals surface area contributed by atoms with E-state index in [1.807, 2.05) is 85.8 Å². The fourth-order valence-electron chi connectivity index (χ4n) is 4.65. The van der Waals surface area contributed by atoms with Crippen LogP contribution in [-0.2, 0) is 16.1 Å². The van der Waals surface area contributed by atoms with Crippen molar-refractivity contribution in [2.75, 3.05) is 14.2 Å². The van der Waals surface area contributed by atoms with Crippen molar-refractivity contribution in [3.8, 4) is 11.5 Å². The molecule has 7 nitrogen and oxygen atoms in total. The quantitative estimate of drug-likeness (QED) is 0.310. The highest BCUT2D eigenvalue weighted by Gasteiger charge is 2.33. The third-order valence-corrected chi connectivity index (χ3v) is 7.49. The van der Waals surface area contributed by atoms with Crippen LogP contribution in [0.1, 0.15) is 36.1 Å². The molecule has 1 aromatic heterocycles. The minimum Gasteiger partial charge on any atom is -0.493 e. The van der Waals surface area contributed by atoms with E-state index in [0.29, 0.717) is 50.7 Å². The molecule has 0 amide bonds. The molecule has 4 aromatic rings. The summed E-state index contributed by atoms with van der Waals surface area (Å²) in [6.45, 7) is 2.28. The normalized spacial score (nSPS) is 14.9. The van der Waals surface area contributed by atoms with Crippen molar-refractivity contribution < 1.29 is 19.0 Å². The van der Waals surface area contributed by atoms with Gasteiger partial charge in [0, 0.05) is 5.56 Å². The zero-order valence-electron chi connectivity index (χ0n) is 21.9. The summed E-state index contributed by atoms with van der Waals surface area (Å²) in [5.41, 5.74) is 3.25. The molecule has 0 saturated heterocycles. The van der Waals surface area contributed by atoms with E-state index in [4.69, 9.17) is 19.2 Å². The molecular formula is C31H28N2O5S. The van der Waals surface area contributed by atoms with Gasteiger partial charge in [-0.05, 0) is 29.7 Å². The van der Waals surface area contributed by atoms with Gasteiger partial charge in [0.2, 0.25) is 0 Å². The lowest BCUT2D eigenvalue weighted by Gasteiger charge is -2.25. The van der Waals surface area contributed by atoms with Crippen LogP contribution >= 0.6 is 11.3 Å². The Morgan fingerprint density at radius 1 is 1.00 bits per heavy atom. The van der Waals surface area contributed by atoms with Gasteiger partial charge < -0.3 is 14.2 Å². The molecule has 0 aliphatic carbocycles. The number of benzene rings is 3. The number of hydrogen-bond donors (Lipinski definition) is 0. The van der Waals surface area contributed by atoms with Gasteiger partial charge in [-0.15, -0.1) is 0 Å². The molecule has 2 heterocycles. The van der Waals surface area contributed by atoms with Gasteiger partial charge in [-0.1, -0.05) is 91.1 Å². The van der Waals surface area contributed by atoms with Crippen LogP contribution in [0.5, 0.6) is 11.5 Å². The van der Waals surface area contributed by atoms with Gasteiger partial charge in [-0.25, -0.2) is 9.79 Å². The fraction of sp³-hybridized carbons (Fsp3) is 0.194. The maximum Gasteiger partial charge on any atom is 0.338 e. The molecule has 0 bridgehead atoms. The van der Waals surface area contributed by atoms with Crippen LogP contribution in [-0.4, -0.2) is 24.8 Å². The highest BCUT2D eigenvalue weighted by Crippen LogP contribution is 2.33. The van der Waals surface area contributed by atoms with Gasteiger partial charge in [0.25, 0.3) is 5.56 Å². The molecule has 1 aliphatic rings. The van der Waals surface area contributed by atoms with Crippen molar-refractivity contribution in [1.29, 1.82) is 0 Å². The van der Waals surface area contributed by atoms with Gasteiger partial charge >= 0.3 is 5.97 Å². The monoisotopic (exact) mass is 540 g/mol. The fourth-order valence-corrected chi connectivity index (χ4v) is 5.66. The van der Waals surface area contributed by atoms with Crippen LogP contribution in [0.2, 0.25) is 0 Å². The second-order valence-corrected chi connectivity index (χ2v) is 9.86. The van der Waals surface area contributed by atoms with E-state index >= 15 is 0 Å². The molecule has 0 saturated carbocycles. The highest BCUT2D eigenvalue weighted by molar-refractivity contribution is 7.07. The number of aromatic nitrogens is 1. The molecule has 0 unspecified atom stereocenters. The first kappa shape index (κ1) is 26.2. The summed E-state index contributed by atoms with van der Waals surface area (Å²) in [5.74, 6) is 0.609. The average Bonchev–Trinajstić information content (AvgIpc) is 3.29. The molecule has 1 aliphatic heterocycles. The molecule has 0 radical (unpaired) electrons. The van der Waals surface area contributed by atoms with Crippen molar-refractivity contribution in [1.82, 2.24) is 4.57 Å². The second kappa shape index (κ2) is 11.5. The minimum atomic E-state index is -0.647. The van der Waals surface area contributed by atoms with E-state index in [-0.39, 0.29) is 5.56 Å². The van der Waals surface area contributed by atoms with Crippen LogP contribution in [0.25, 0.3) is 6.08 Å². The number of rotatable bonds is 8. The molecule has 0 spiro atoms. The molecule has 3 aromatic carbocycles. The zero-order chi connectivity index (χ0) is 27.4. The lowest BCUT2D eigenvalue weighted by molar-refractivity contribution is -0.136.